The fraction of sp³-hybridized carbons (Fsp3) is 0. The lowest BCUT2D eigenvalue weighted by atomic mass is 9.95. The Morgan fingerprint density at radius 2 is 0.889 bits per heavy atom. The van der Waals surface area contributed by atoms with E-state index in [9.17, 15) is 10.5 Å². The van der Waals surface area contributed by atoms with Gasteiger partial charge in [0.05, 0.1) is 45.3 Å². The van der Waals surface area contributed by atoms with E-state index in [1.165, 1.54) is 0 Å². The lowest BCUT2D eigenvalue weighted by molar-refractivity contribution is 0.953. The number of benzene rings is 7. The van der Waals surface area contributed by atoms with E-state index >= 15 is 0 Å². The molecule has 0 saturated heterocycles. The molecule has 0 amide bonds. The number of rotatable bonds is 5. The van der Waals surface area contributed by atoms with Crippen LogP contribution < -0.4 is 0 Å². The Hall–Kier alpha value is -7.87. The Kier molecular flexibility index (Phi) is 7.11. The Bertz CT molecular complexity index is 3090. The summed E-state index contributed by atoms with van der Waals surface area (Å²) in [5.41, 5.74) is 9.16. The van der Waals surface area contributed by atoms with Gasteiger partial charge in [0, 0.05) is 43.9 Å². The molecule has 0 fully saturated rings. The molecule has 0 bridgehead atoms. The van der Waals surface area contributed by atoms with Crippen LogP contribution in [-0.2, 0) is 0 Å². The van der Waals surface area contributed by atoms with E-state index in [4.69, 9.17) is 15.0 Å². The van der Waals surface area contributed by atoms with E-state index in [2.05, 4.69) is 94.1 Å². The van der Waals surface area contributed by atoms with Gasteiger partial charge in [0.1, 0.15) is 0 Å². The van der Waals surface area contributed by atoms with Crippen LogP contribution >= 0.6 is 0 Å². The van der Waals surface area contributed by atoms with Crippen molar-refractivity contribution in [3.8, 4) is 57.7 Å². The zero-order valence-corrected chi connectivity index (χ0v) is 28.7. The number of nitriles is 2. The minimum Gasteiger partial charge on any atom is -0.309 e. The topological polar surface area (TPSA) is 96.1 Å². The van der Waals surface area contributed by atoms with Crippen molar-refractivity contribution in [2.45, 2.75) is 0 Å². The number of nitrogens with zero attached hydrogens (tertiary/aromatic N) is 7. The molecular formula is C47H27N7. The van der Waals surface area contributed by atoms with Gasteiger partial charge in [-0.15, -0.1) is 0 Å². The van der Waals surface area contributed by atoms with Gasteiger partial charge in [-0.05, 0) is 54.1 Å². The highest BCUT2D eigenvalue weighted by molar-refractivity contribution is 6.28. The molecule has 0 N–H and O–H groups in total. The van der Waals surface area contributed by atoms with Gasteiger partial charge in [-0.2, -0.15) is 20.5 Å². The van der Waals surface area contributed by atoms with Crippen molar-refractivity contribution >= 4 is 43.6 Å². The summed E-state index contributed by atoms with van der Waals surface area (Å²) in [5.74, 6) is 1.73. The lowest BCUT2D eigenvalue weighted by Crippen LogP contribution is -2.06. The van der Waals surface area contributed by atoms with E-state index < -0.39 is 0 Å². The van der Waals surface area contributed by atoms with Gasteiger partial charge in [0.25, 0.3) is 0 Å². The second kappa shape index (κ2) is 12.4. The van der Waals surface area contributed by atoms with Gasteiger partial charge >= 0.3 is 0 Å². The molecule has 250 valence electrons. The molecule has 0 atom stereocenters. The molecule has 3 heterocycles. The first-order valence-corrected chi connectivity index (χ1v) is 17.6. The van der Waals surface area contributed by atoms with Crippen LogP contribution in [-0.4, -0.2) is 24.1 Å². The largest absolute Gasteiger partial charge is 0.309 e. The molecule has 10 rings (SSSR count). The molecule has 0 radical (unpaired) electrons. The summed E-state index contributed by atoms with van der Waals surface area (Å²) in [7, 11) is 0. The molecule has 7 aromatic carbocycles. The maximum absolute atomic E-state index is 9.97. The summed E-state index contributed by atoms with van der Waals surface area (Å²) in [6.07, 6.45) is 0. The number of hydrogen-bond acceptors (Lipinski definition) is 5. The molecule has 0 aliphatic carbocycles. The first-order valence-electron chi connectivity index (χ1n) is 17.6. The van der Waals surface area contributed by atoms with E-state index in [1.807, 2.05) is 72.8 Å². The van der Waals surface area contributed by atoms with Crippen molar-refractivity contribution < 1.29 is 0 Å². The molecule has 54 heavy (non-hydrogen) atoms. The fourth-order valence-electron chi connectivity index (χ4n) is 7.76. The van der Waals surface area contributed by atoms with Crippen molar-refractivity contribution in [3.63, 3.8) is 0 Å². The SMILES string of the molecule is N#Cc1cccc(C#N)c1-c1cccc(-n2c3ccccc3c3c4c5ccccc5n(-c5nc(-c6ccccc6)nc(-c6ccccc6)n5)c4ccc32)c1. The van der Waals surface area contributed by atoms with Crippen LogP contribution in [0.25, 0.3) is 89.2 Å². The van der Waals surface area contributed by atoms with Crippen molar-refractivity contribution in [1.29, 1.82) is 10.5 Å². The number of fused-ring (bicyclic) bond motifs is 7. The first kappa shape index (κ1) is 30.9. The summed E-state index contributed by atoms with van der Waals surface area (Å²) in [4.78, 5) is 15.2. The summed E-state index contributed by atoms with van der Waals surface area (Å²) in [6, 6.07) is 59.2. The third-order valence-electron chi connectivity index (χ3n) is 10.1. The normalized spacial score (nSPS) is 11.3. The second-order valence-corrected chi connectivity index (χ2v) is 13.1. The van der Waals surface area contributed by atoms with Gasteiger partial charge in [-0.25, -0.2) is 4.98 Å². The predicted molar refractivity (Wildman–Crippen MR) is 214 cm³/mol. The molecule has 0 aliphatic rings. The fourth-order valence-corrected chi connectivity index (χ4v) is 7.76. The zero-order valence-electron chi connectivity index (χ0n) is 28.7. The predicted octanol–water partition coefficient (Wildman–Crippen LogP) is 10.8. The zero-order chi connectivity index (χ0) is 36.2. The van der Waals surface area contributed by atoms with Crippen molar-refractivity contribution in [2.24, 2.45) is 0 Å². The van der Waals surface area contributed by atoms with Crippen LogP contribution in [0.15, 0.2) is 164 Å². The van der Waals surface area contributed by atoms with Crippen molar-refractivity contribution in [3.05, 3.63) is 175 Å². The Morgan fingerprint density at radius 1 is 0.407 bits per heavy atom. The van der Waals surface area contributed by atoms with E-state index in [1.54, 1.807) is 18.2 Å². The van der Waals surface area contributed by atoms with Crippen molar-refractivity contribution in [1.82, 2.24) is 24.1 Å². The highest BCUT2D eigenvalue weighted by Crippen LogP contribution is 2.42. The summed E-state index contributed by atoms with van der Waals surface area (Å²) < 4.78 is 4.42. The molecule has 0 aliphatic heterocycles. The van der Waals surface area contributed by atoms with Crippen LogP contribution in [0.4, 0.5) is 0 Å². The van der Waals surface area contributed by atoms with Gasteiger partial charge in [-0.1, -0.05) is 115 Å². The average molecular weight is 690 g/mol. The van der Waals surface area contributed by atoms with Gasteiger partial charge < -0.3 is 4.57 Å². The van der Waals surface area contributed by atoms with Crippen LogP contribution in [0.1, 0.15) is 11.1 Å². The third kappa shape index (κ3) is 4.77. The second-order valence-electron chi connectivity index (χ2n) is 13.1. The summed E-state index contributed by atoms with van der Waals surface area (Å²) >= 11 is 0. The Labute approximate surface area is 309 Å². The summed E-state index contributed by atoms with van der Waals surface area (Å²) in [6.45, 7) is 0. The quantitative estimate of drug-likeness (QED) is 0.179. The van der Waals surface area contributed by atoms with Crippen molar-refractivity contribution in [2.75, 3.05) is 0 Å². The third-order valence-corrected chi connectivity index (χ3v) is 10.1. The standard InChI is InChI=1S/C47H27N7/c48-28-33-18-11-19-34(29-49)42(33)32-17-12-20-35(27-32)53-38-23-9-7-21-36(38)43-40(53)25-26-41-44(43)37-22-8-10-24-39(37)54(41)47-51-45(30-13-3-1-4-14-30)50-46(52-47)31-15-5-2-6-16-31/h1-27H. The molecular weight excluding hydrogens is 663 g/mol. The smallest absolute Gasteiger partial charge is 0.238 e. The van der Waals surface area contributed by atoms with Gasteiger partial charge in [-0.3, -0.25) is 4.57 Å². The maximum Gasteiger partial charge on any atom is 0.238 e. The average Bonchev–Trinajstić information content (AvgIpc) is 3.77. The van der Waals surface area contributed by atoms with E-state index in [0.29, 0.717) is 34.3 Å². The van der Waals surface area contributed by atoms with E-state index in [0.717, 1.165) is 66.0 Å². The molecule has 0 saturated carbocycles. The maximum atomic E-state index is 9.97. The highest BCUT2D eigenvalue weighted by Gasteiger charge is 2.23. The van der Waals surface area contributed by atoms with Crippen LogP contribution in [0.5, 0.6) is 0 Å². The first-order chi connectivity index (χ1) is 26.7. The summed E-state index contributed by atoms with van der Waals surface area (Å²) in [5, 5.41) is 24.3. The number of hydrogen-bond donors (Lipinski definition) is 0. The number of para-hydroxylation sites is 2. The lowest BCUT2D eigenvalue weighted by Gasteiger charge is -2.12. The molecule has 7 heteroatoms. The minimum absolute atomic E-state index is 0.465. The van der Waals surface area contributed by atoms with E-state index in [-0.39, 0.29) is 0 Å². The molecule has 0 unspecified atom stereocenters. The van der Waals surface area contributed by atoms with Crippen LogP contribution in [0.2, 0.25) is 0 Å². The Balaban J connectivity index is 1.27. The molecule has 3 aromatic heterocycles. The monoisotopic (exact) mass is 689 g/mol. The van der Waals surface area contributed by atoms with Crippen LogP contribution in [0, 0.1) is 22.7 Å². The van der Waals surface area contributed by atoms with Crippen LogP contribution in [0.3, 0.4) is 0 Å². The Morgan fingerprint density at radius 3 is 1.46 bits per heavy atom. The number of aromatic nitrogens is 5. The van der Waals surface area contributed by atoms with Gasteiger partial charge in [0.15, 0.2) is 11.6 Å². The molecule has 7 nitrogen and oxygen atoms in total. The minimum atomic E-state index is 0.465. The van der Waals surface area contributed by atoms with Gasteiger partial charge in [0.2, 0.25) is 5.95 Å². The highest BCUT2D eigenvalue weighted by atomic mass is 15.2. The molecule has 0 spiro atoms. The molecule has 10 aromatic rings.